The molecule has 0 atom stereocenters. The van der Waals surface area contributed by atoms with Gasteiger partial charge in [-0.05, 0) is 18.6 Å². The SMILES string of the molecule is CCCC1(O)CN(CC(=O)Nc2cccnc2Cl)C1. The van der Waals surface area contributed by atoms with E-state index in [2.05, 4.69) is 10.3 Å². The highest BCUT2D eigenvalue weighted by Crippen LogP contribution is 2.25. The van der Waals surface area contributed by atoms with E-state index >= 15 is 0 Å². The van der Waals surface area contributed by atoms with Crippen LogP contribution in [0.15, 0.2) is 18.3 Å². The van der Waals surface area contributed by atoms with Crippen molar-refractivity contribution in [1.82, 2.24) is 9.88 Å². The minimum atomic E-state index is -0.610. The Labute approximate surface area is 117 Å². The third kappa shape index (κ3) is 3.65. The number of halogens is 1. The van der Waals surface area contributed by atoms with Crippen LogP contribution in [0.5, 0.6) is 0 Å². The average molecular weight is 284 g/mol. The van der Waals surface area contributed by atoms with Crippen molar-refractivity contribution in [3.63, 3.8) is 0 Å². The molecule has 1 aromatic rings. The number of carbonyl (C=O) groups is 1. The van der Waals surface area contributed by atoms with E-state index in [-0.39, 0.29) is 17.6 Å². The van der Waals surface area contributed by atoms with E-state index in [0.717, 1.165) is 12.8 Å². The average Bonchev–Trinajstić information content (AvgIpc) is 2.30. The van der Waals surface area contributed by atoms with Crippen LogP contribution in [0.25, 0.3) is 0 Å². The highest BCUT2D eigenvalue weighted by atomic mass is 35.5. The van der Waals surface area contributed by atoms with Crippen molar-refractivity contribution < 1.29 is 9.90 Å². The summed E-state index contributed by atoms with van der Waals surface area (Å²) >= 11 is 5.86. The number of nitrogens with one attached hydrogen (secondary N) is 1. The smallest absolute Gasteiger partial charge is 0.238 e. The fourth-order valence-corrected chi connectivity index (χ4v) is 2.56. The number of β-amino-alcohol motifs (C(OH)–C–C–N with tert-alkyl or cyclic N) is 1. The lowest BCUT2D eigenvalue weighted by Gasteiger charge is -2.46. The second-order valence-corrected chi connectivity index (χ2v) is 5.37. The molecule has 0 aromatic carbocycles. The van der Waals surface area contributed by atoms with Crippen molar-refractivity contribution in [1.29, 1.82) is 0 Å². The first kappa shape index (κ1) is 14.2. The second-order valence-electron chi connectivity index (χ2n) is 5.01. The molecular formula is C13H18ClN3O2. The van der Waals surface area contributed by atoms with Crippen LogP contribution >= 0.6 is 11.6 Å². The van der Waals surface area contributed by atoms with Crippen molar-refractivity contribution in [2.45, 2.75) is 25.4 Å². The Balaban J connectivity index is 1.79. The molecule has 1 aromatic heterocycles. The molecule has 0 unspecified atom stereocenters. The Morgan fingerprint density at radius 1 is 1.63 bits per heavy atom. The van der Waals surface area contributed by atoms with Gasteiger partial charge in [-0.15, -0.1) is 0 Å². The molecule has 104 valence electrons. The van der Waals surface area contributed by atoms with Gasteiger partial charge in [-0.2, -0.15) is 0 Å². The molecule has 5 nitrogen and oxygen atoms in total. The Bertz CT molecular complexity index is 461. The van der Waals surface area contributed by atoms with Crippen molar-refractivity contribution in [2.24, 2.45) is 0 Å². The number of amides is 1. The summed E-state index contributed by atoms with van der Waals surface area (Å²) < 4.78 is 0. The Morgan fingerprint density at radius 2 is 2.37 bits per heavy atom. The molecule has 0 aliphatic carbocycles. The first-order valence-corrected chi connectivity index (χ1v) is 6.75. The maximum Gasteiger partial charge on any atom is 0.238 e. The van der Waals surface area contributed by atoms with E-state index in [1.54, 1.807) is 18.3 Å². The summed E-state index contributed by atoms with van der Waals surface area (Å²) in [6, 6.07) is 3.42. The van der Waals surface area contributed by atoms with Crippen LogP contribution < -0.4 is 5.32 Å². The van der Waals surface area contributed by atoms with Crippen molar-refractivity contribution in [3.05, 3.63) is 23.5 Å². The van der Waals surface area contributed by atoms with Crippen LogP contribution in [0.3, 0.4) is 0 Å². The van der Waals surface area contributed by atoms with Crippen molar-refractivity contribution >= 4 is 23.2 Å². The fraction of sp³-hybridized carbons (Fsp3) is 0.538. The molecule has 2 N–H and O–H groups in total. The number of hydrogen-bond acceptors (Lipinski definition) is 4. The molecular weight excluding hydrogens is 266 g/mol. The van der Waals surface area contributed by atoms with E-state index in [0.29, 0.717) is 18.8 Å². The minimum Gasteiger partial charge on any atom is -0.387 e. The van der Waals surface area contributed by atoms with Gasteiger partial charge in [-0.25, -0.2) is 4.98 Å². The monoisotopic (exact) mass is 283 g/mol. The van der Waals surface area contributed by atoms with Gasteiger partial charge in [0.2, 0.25) is 5.91 Å². The molecule has 1 amide bonds. The van der Waals surface area contributed by atoms with Gasteiger partial charge in [0.05, 0.1) is 17.8 Å². The lowest BCUT2D eigenvalue weighted by molar-refractivity contribution is -0.129. The van der Waals surface area contributed by atoms with Gasteiger partial charge >= 0.3 is 0 Å². The lowest BCUT2D eigenvalue weighted by Crippen LogP contribution is -2.62. The quantitative estimate of drug-likeness (QED) is 0.804. The zero-order valence-electron chi connectivity index (χ0n) is 10.9. The van der Waals surface area contributed by atoms with Crippen LogP contribution in [0, 0.1) is 0 Å². The van der Waals surface area contributed by atoms with Gasteiger partial charge in [-0.3, -0.25) is 9.69 Å². The highest BCUT2D eigenvalue weighted by molar-refractivity contribution is 6.32. The zero-order chi connectivity index (χ0) is 13.9. The first-order valence-electron chi connectivity index (χ1n) is 6.37. The number of hydrogen-bond donors (Lipinski definition) is 2. The molecule has 6 heteroatoms. The third-order valence-electron chi connectivity index (χ3n) is 3.15. The Morgan fingerprint density at radius 3 is 3.00 bits per heavy atom. The largest absolute Gasteiger partial charge is 0.387 e. The fourth-order valence-electron chi connectivity index (χ4n) is 2.39. The molecule has 1 aliphatic rings. The topological polar surface area (TPSA) is 65.5 Å². The second kappa shape index (κ2) is 5.86. The van der Waals surface area contributed by atoms with Crippen molar-refractivity contribution in [2.75, 3.05) is 25.0 Å². The summed E-state index contributed by atoms with van der Waals surface area (Å²) in [5.41, 5.74) is -0.0976. The van der Waals surface area contributed by atoms with Crippen LogP contribution in [0.2, 0.25) is 5.15 Å². The van der Waals surface area contributed by atoms with Gasteiger partial charge in [0, 0.05) is 19.3 Å². The van der Waals surface area contributed by atoms with Crippen molar-refractivity contribution in [3.8, 4) is 0 Å². The maximum absolute atomic E-state index is 11.8. The lowest BCUT2D eigenvalue weighted by atomic mass is 9.89. The molecule has 1 aliphatic heterocycles. The highest BCUT2D eigenvalue weighted by Gasteiger charge is 2.40. The zero-order valence-corrected chi connectivity index (χ0v) is 11.7. The maximum atomic E-state index is 11.8. The van der Waals surface area contributed by atoms with Gasteiger partial charge in [0.25, 0.3) is 0 Å². The number of likely N-dealkylation sites (tertiary alicyclic amines) is 1. The first-order chi connectivity index (χ1) is 9.02. The number of rotatable bonds is 5. The predicted octanol–water partition coefficient (Wildman–Crippen LogP) is 1.52. The molecule has 2 rings (SSSR count). The Kier molecular flexibility index (Phi) is 4.39. The number of anilines is 1. The minimum absolute atomic E-state index is 0.145. The summed E-state index contributed by atoms with van der Waals surface area (Å²) in [6.07, 6.45) is 3.29. The number of nitrogens with zero attached hydrogens (tertiary/aromatic N) is 2. The van der Waals surface area contributed by atoms with E-state index in [4.69, 9.17) is 11.6 Å². The summed E-state index contributed by atoms with van der Waals surface area (Å²) in [7, 11) is 0. The van der Waals surface area contributed by atoms with E-state index in [1.165, 1.54) is 0 Å². The predicted molar refractivity (Wildman–Crippen MR) is 74.2 cm³/mol. The third-order valence-corrected chi connectivity index (χ3v) is 3.45. The van der Waals surface area contributed by atoms with Gasteiger partial charge < -0.3 is 10.4 Å². The molecule has 0 spiro atoms. The summed E-state index contributed by atoms with van der Waals surface area (Å²) in [4.78, 5) is 17.6. The normalized spacial score (nSPS) is 17.8. The molecule has 2 heterocycles. The van der Waals surface area contributed by atoms with Crippen LogP contribution in [0.4, 0.5) is 5.69 Å². The molecule has 0 radical (unpaired) electrons. The molecule has 1 saturated heterocycles. The molecule has 0 bridgehead atoms. The van der Waals surface area contributed by atoms with Crippen LogP contribution in [0.1, 0.15) is 19.8 Å². The summed E-state index contributed by atoms with van der Waals surface area (Å²) in [5.74, 6) is -0.145. The number of carbonyl (C=O) groups excluding carboxylic acids is 1. The van der Waals surface area contributed by atoms with E-state index in [9.17, 15) is 9.90 Å². The van der Waals surface area contributed by atoms with Crippen LogP contribution in [-0.4, -0.2) is 46.1 Å². The number of pyridine rings is 1. The molecule has 19 heavy (non-hydrogen) atoms. The molecule has 0 saturated carbocycles. The summed E-state index contributed by atoms with van der Waals surface area (Å²) in [6.45, 7) is 3.40. The molecule has 1 fully saturated rings. The number of aliphatic hydroxyl groups is 1. The Hall–Kier alpha value is -1.17. The van der Waals surface area contributed by atoms with Gasteiger partial charge in [-0.1, -0.05) is 24.9 Å². The van der Waals surface area contributed by atoms with E-state index in [1.807, 2.05) is 11.8 Å². The van der Waals surface area contributed by atoms with Crippen LogP contribution in [-0.2, 0) is 4.79 Å². The van der Waals surface area contributed by atoms with Gasteiger partial charge in [0.15, 0.2) is 5.15 Å². The van der Waals surface area contributed by atoms with Gasteiger partial charge in [0.1, 0.15) is 0 Å². The summed E-state index contributed by atoms with van der Waals surface area (Å²) in [5, 5.41) is 13.0. The van der Waals surface area contributed by atoms with E-state index < -0.39 is 5.60 Å². The number of aromatic nitrogens is 1. The standard InChI is InChI=1S/C13H18ClN3O2/c1-2-5-13(19)8-17(9-13)7-11(18)16-10-4-3-6-15-12(10)14/h3-4,6,19H,2,5,7-9H2,1H3,(H,16,18).